The van der Waals surface area contributed by atoms with Crippen molar-refractivity contribution < 1.29 is 63.8 Å². The van der Waals surface area contributed by atoms with Crippen molar-refractivity contribution >= 4 is 0 Å². The Bertz CT molecular complexity index is 1120. The van der Waals surface area contributed by atoms with Crippen LogP contribution in [0.4, 0.5) is 0 Å². The largest absolute Gasteiger partial charge is 0.502 e. The van der Waals surface area contributed by atoms with Crippen molar-refractivity contribution in [2.75, 3.05) is 48.3 Å². The molecule has 4 rings (SSSR count). The van der Waals surface area contributed by atoms with Crippen molar-refractivity contribution in [1.29, 1.82) is 0 Å². The molecule has 0 saturated carbocycles. The summed E-state index contributed by atoms with van der Waals surface area (Å²) in [5.74, 6) is 0.0485. The normalized spacial score (nSPS) is 29.8. The fraction of sp³-hybridized carbons (Fsp3) is 0.571. The van der Waals surface area contributed by atoms with E-state index in [1.165, 1.54) is 28.4 Å². The number of aliphatic hydroxyl groups excluding tert-OH is 4. The zero-order valence-electron chi connectivity index (χ0n) is 23.3. The minimum atomic E-state index is -1.58. The standard InChI is InChI=1S/C28H38O13/c1-35-17-6-13(7-18(36-2)22(17)30)5-15-11-39-27(14-8-19(37-3)23(31)20(9-14)38-4)16(15)12-40-28-26(34)25(33)24(32)21(10-29)41-28/h6-9,15-16,21,24-34H,5,10-12H2,1-4H3/t15-,16-,21-,24-,25+,26-,27+,28-/m1/s1. The van der Waals surface area contributed by atoms with Gasteiger partial charge in [0.15, 0.2) is 29.3 Å². The van der Waals surface area contributed by atoms with Crippen LogP contribution in [0, 0.1) is 11.8 Å². The van der Waals surface area contributed by atoms with Crippen molar-refractivity contribution in [3.05, 3.63) is 35.4 Å². The van der Waals surface area contributed by atoms with Crippen molar-refractivity contribution in [3.63, 3.8) is 0 Å². The summed E-state index contributed by atoms with van der Waals surface area (Å²) in [4.78, 5) is 0. The Hall–Kier alpha value is -3.04. The van der Waals surface area contributed by atoms with Crippen LogP contribution >= 0.6 is 0 Å². The lowest BCUT2D eigenvalue weighted by Gasteiger charge is -2.40. The van der Waals surface area contributed by atoms with E-state index in [-0.39, 0.29) is 52.9 Å². The molecule has 228 valence electrons. The number of phenolic OH excluding ortho intramolecular Hbond substituents is 2. The molecule has 2 saturated heterocycles. The van der Waals surface area contributed by atoms with Gasteiger partial charge in [0.05, 0.1) is 54.4 Å². The fourth-order valence-corrected chi connectivity index (χ4v) is 5.36. The van der Waals surface area contributed by atoms with E-state index in [0.717, 1.165) is 5.56 Å². The Morgan fingerprint density at radius 1 is 0.780 bits per heavy atom. The van der Waals surface area contributed by atoms with Gasteiger partial charge in [0, 0.05) is 5.92 Å². The molecule has 0 spiro atoms. The summed E-state index contributed by atoms with van der Waals surface area (Å²) in [7, 11) is 5.72. The molecule has 0 amide bonds. The molecule has 2 fully saturated rings. The molecule has 2 aromatic carbocycles. The molecular formula is C28H38O13. The Labute approximate surface area is 237 Å². The first kappa shape index (κ1) is 30.9. The third-order valence-corrected chi connectivity index (χ3v) is 7.65. The molecule has 8 atom stereocenters. The van der Waals surface area contributed by atoms with Gasteiger partial charge in [-0.3, -0.25) is 0 Å². The summed E-state index contributed by atoms with van der Waals surface area (Å²) in [5.41, 5.74) is 1.44. The number of ether oxygens (including phenoxy) is 7. The molecule has 0 aromatic heterocycles. The number of hydrogen-bond donors (Lipinski definition) is 6. The van der Waals surface area contributed by atoms with Crippen LogP contribution in [0.3, 0.4) is 0 Å². The molecule has 13 heteroatoms. The van der Waals surface area contributed by atoms with E-state index in [2.05, 4.69) is 0 Å². The number of methoxy groups -OCH3 is 4. The number of phenols is 2. The van der Waals surface area contributed by atoms with Gasteiger partial charge in [-0.1, -0.05) is 0 Å². The summed E-state index contributed by atoms with van der Waals surface area (Å²) in [6.45, 7) is -0.305. The second-order valence-electron chi connectivity index (χ2n) is 10.0. The van der Waals surface area contributed by atoms with Crippen LogP contribution in [0.25, 0.3) is 0 Å². The van der Waals surface area contributed by atoms with Gasteiger partial charge in [-0.05, 0) is 47.7 Å². The Kier molecular flexibility index (Phi) is 10.0. The predicted molar refractivity (Wildman–Crippen MR) is 142 cm³/mol. The smallest absolute Gasteiger partial charge is 0.200 e. The monoisotopic (exact) mass is 582 g/mol. The highest BCUT2D eigenvalue weighted by atomic mass is 16.7. The Balaban J connectivity index is 1.65. The molecular weight excluding hydrogens is 544 g/mol. The average molecular weight is 583 g/mol. The minimum Gasteiger partial charge on any atom is -0.502 e. The van der Waals surface area contributed by atoms with Crippen LogP contribution in [-0.2, 0) is 20.6 Å². The van der Waals surface area contributed by atoms with E-state index in [9.17, 15) is 30.6 Å². The van der Waals surface area contributed by atoms with E-state index in [1.807, 2.05) is 0 Å². The highest BCUT2D eigenvalue weighted by molar-refractivity contribution is 5.54. The number of aromatic hydroxyl groups is 2. The second kappa shape index (κ2) is 13.3. The second-order valence-corrected chi connectivity index (χ2v) is 10.0. The highest BCUT2D eigenvalue weighted by Crippen LogP contribution is 2.46. The predicted octanol–water partition coefficient (Wildman–Crippen LogP) is 0.495. The quantitative estimate of drug-likeness (QED) is 0.215. The van der Waals surface area contributed by atoms with Crippen molar-refractivity contribution in [2.24, 2.45) is 11.8 Å². The summed E-state index contributed by atoms with van der Waals surface area (Å²) < 4.78 is 39.0. The zero-order chi connectivity index (χ0) is 29.8. The lowest BCUT2D eigenvalue weighted by atomic mass is 9.84. The van der Waals surface area contributed by atoms with E-state index in [1.54, 1.807) is 24.3 Å². The molecule has 13 nitrogen and oxygen atoms in total. The van der Waals surface area contributed by atoms with Gasteiger partial charge in [0.25, 0.3) is 0 Å². The zero-order valence-corrected chi connectivity index (χ0v) is 23.3. The van der Waals surface area contributed by atoms with Gasteiger partial charge in [0.2, 0.25) is 11.5 Å². The van der Waals surface area contributed by atoms with E-state index in [4.69, 9.17) is 33.2 Å². The Morgan fingerprint density at radius 2 is 1.32 bits per heavy atom. The molecule has 2 heterocycles. The number of benzene rings is 2. The maximum absolute atomic E-state index is 10.5. The lowest BCUT2D eigenvalue weighted by molar-refractivity contribution is -0.304. The van der Waals surface area contributed by atoms with Gasteiger partial charge in [-0.25, -0.2) is 0 Å². The summed E-state index contributed by atoms with van der Waals surface area (Å²) >= 11 is 0. The average Bonchev–Trinajstić information content (AvgIpc) is 3.38. The first-order valence-corrected chi connectivity index (χ1v) is 13.1. The topological polar surface area (TPSA) is 186 Å². The first-order valence-electron chi connectivity index (χ1n) is 13.1. The molecule has 2 aliphatic rings. The van der Waals surface area contributed by atoms with E-state index in [0.29, 0.717) is 18.6 Å². The summed E-state index contributed by atoms with van der Waals surface area (Å²) in [5, 5.41) is 61.1. The van der Waals surface area contributed by atoms with Crippen molar-refractivity contribution in [3.8, 4) is 34.5 Å². The van der Waals surface area contributed by atoms with Crippen LogP contribution < -0.4 is 18.9 Å². The molecule has 6 N–H and O–H groups in total. The Morgan fingerprint density at radius 3 is 1.83 bits per heavy atom. The van der Waals surface area contributed by atoms with E-state index < -0.39 is 43.4 Å². The molecule has 0 aliphatic carbocycles. The van der Waals surface area contributed by atoms with Crippen LogP contribution in [0.1, 0.15) is 17.2 Å². The third-order valence-electron chi connectivity index (χ3n) is 7.65. The maximum Gasteiger partial charge on any atom is 0.200 e. The van der Waals surface area contributed by atoms with Crippen molar-refractivity contribution in [2.45, 2.75) is 43.2 Å². The molecule has 2 aromatic rings. The van der Waals surface area contributed by atoms with Crippen LogP contribution in [0.5, 0.6) is 34.5 Å². The fourth-order valence-electron chi connectivity index (χ4n) is 5.36. The van der Waals surface area contributed by atoms with Crippen LogP contribution in [0.15, 0.2) is 24.3 Å². The van der Waals surface area contributed by atoms with Crippen molar-refractivity contribution in [1.82, 2.24) is 0 Å². The van der Waals surface area contributed by atoms with Crippen LogP contribution in [0.2, 0.25) is 0 Å². The minimum absolute atomic E-state index is 0.0180. The van der Waals surface area contributed by atoms with Gasteiger partial charge < -0.3 is 63.8 Å². The molecule has 0 bridgehead atoms. The lowest BCUT2D eigenvalue weighted by Crippen LogP contribution is -2.59. The maximum atomic E-state index is 10.5. The van der Waals surface area contributed by atoms with E-state index >= 15 is 0 Å². The number of hydrogen-bond acceptors (Lipinski definition) is 13. The van der Waals surface area contributed by atoms with Gasteiger partial charge >= 0.3 is 0 Å². The third kappa shape index (κ3) is 6.26. The SMILES string of the molecule is COc1cc(C[C@@H]2CO[C@@H](c3cc(OC)c(O)c(OC)c3)[C@@H]2CO[C@@H]2O[C@H](CO)[C@@H](O)[C@H](O)[C@H]2O)cc(OC)c1O. The highest BCUT2D eigenvalue weighted by Gasteiger charge is 2.46. The summed E-state index contributed by atoms with van der Waals surface area (Å²) in [6.07, 6.45) is -7.22. The van der Waals surface area contributed by atoms with Gasteiger partial charge in [-0.15, -0.1) is 0 Å². The van der Waals surface area contributed by atoms with Gasteiger partial charge in [-0.2, -0.15) is 0 Å². The number of aliphatic hydroxyl groups is 4. The first-order chi connectivity index (χ1) is 19.7. The molecule has 2 aliphatic heterocycles. The molecule has 0 unspecified atom stereocenters. The number of rotatable bonds is 11. The molecule has 41 heavy (non-hydrogen) atoms. The van der Waals surface area contributed by atoms with Crippen LogP contribution in [-0.4, -0.2) is 110 Å². The van der Waals surface area contributed by atoms with Gasteiger partial charge in [0.1, 0.15) is 24.4 Å². The summed E-state index contributed by atoms with van der Waals surface area (Å²) in [6, 6.07) is 6.68. The molecule has 0 radical (unpaired) electrons.